The van der Waals surface area contributed by atoms with Crippen LogP contribution in [0.5, 0.6) is 5.75 Å². The van der Waals surface area contributed by atoms with Gasteiger partial charge in [0.2, 0.25) is 5.91 Å². The summed E-state index contributed by atoms with van der Waals surface area (Å²) in [7, 11) is 3.30. The standard InChI is InChI=1S/C18H27NO4/c1-13-6-7-14(8-16(13)22-5)9-17(20)19-10-15(11-21-4)23-18(2,3)12-19/h6-8,15H,9-12H2,1-5H3/t15-/m1/s1. The van der Waals surface area contributed by atoms with Crippen molar-refractivity contribution in [1.29, 1.82) is 0 Å². The Morgan fingerprint density at radius 3 is 2.78 bits per heavy atom. The molecule has 1 saturated heterocycles. The van der Waals surface area contributed by atoms with Gasteiger partial charge in [0.05, 0.1) is 31.8 Å². The molecule has 23 heavy (non-hydrogen) atoms. The number of hydrogen-bond acceptors (Lipinski definition) is 4. The fraction of sp³-hybridized carbons (Fsp3) is 0.611. The van der Waals surface area contributed by atoms with Crippen molar-refractivity contribution in [2.24, 2.45) is 0 Å². The first-order valence-electron chi connectivity index (χ1n) is 7.92. The second kappa shape index (κ2) is 7.32. The van der Waals surface area contributed by atoms with E-state index in [1.807, 2.05) is 43.9 Å². The lowest BCUT2D eigenvalue weighted by Crippen LogP contribution is -2.56. The molecule has 0 aliphatic carbocycles. The molecule has 1 aromatic carbocycles. The molecule has 1 fully saturated rings. The lowest BCUT2D eigenvalue weighted by atomic mass is 10.0. The van der Waals surface area contributed by atoms with Crippen molar-refractivity contribution in [3.05, 3.63) is 29.3 Å². The average Bonchev–Trinajstić information content (AvgIpc) is 2.48. The second-order valence-corrected chi connectivity index (χ2v) is 6.71. The third-order valence-corrected chi connectivity index (χ3v) is 4.01. The molecular weight excluding hydrogens is 294 g/mol. The van der Waals surface area contributed by atoms with Crippen LogP contribution in [-0.4, -0.2) is 56.4 Å². The van der Waals surface area contributed by atoms with Gasteiger partial charge in [-0.15, -0.1) is 0 Å². The second-order valence-electron chi connectivity index (χ2n) is 6.71. The molecule has 0 radical (unpaired) electrons. The Kier molecular flexibility index (Phi) is 5.65. The number of methoxy groups -OCH3 is 2. The molecule has 1 amide bonds. The maximum absolute atomic E-state index is 12.7. The number of morpholine rings is 1. The van der Waals surface area contributed by atoms with Crippen LogP contribution in [0.3, 0.4) is 0 Å². The Morgan fingerprint density at radius 1 is 1.39 bits per heavy atom. The summed E-state index contributed by atoms with van der Waals surface area (Å²) in [5, 5.41) is 0. The third-order valence-electron chi connectivity index (χ3n) is 4.01. The van der Waals surface area contributed by atoms with Crippen LogP contribution in [0, 0.1) is 6.92 Å². The minimum absolute atomic E-state index is 0.0831. The van der Waals surface area contributed by atoms with Crippen LogP contribution in [0.2, 0.25) is 0 Å². The van der Waals surface area contributed by atoms with Crippen molar-refractivity contribution in [2.75, 3.05) is 33.9 Å². The zero-order chi connectivity index (χ0) is 17.0. The molecule has 128 valence electrons. The summed E-state index contributed by atoms with van der Waals surface area (Å²) < 4.78 is 16.5. The molecule has 0 saturated carbocycles. The maximum Gasteiger partial charge on any atom is 0.227 e. The number of carbonyl (C=O) groups excluding carboxylic acids is 1. The molecule has 0 aromatic heterocycles. The Morgan fingerprint density at radius 2 is 2.13 bits per heavy atom. The van der Waals surface area contributed by atoms with Gasteiger partial charge in [0.1, 0.15) is 5.75 Å². The molecule has 1 aliphatic rings. The van der Waals surface area contributed by atoms with E-state index in [0.717, 1.165) is 16.9 Å². The van der Waals surface area contributed by atoms with E-state index in [0.29, 0.717) is 26.1 Å². The fourth-order valence-corrected chi connectivity index (χ4v) is 3.02. The summed E-state index contributed by atoms with van der Waals surface area (Å²) in [6.07, 6.45) is 0.284. The summed E-state index contributed by atoms with van der Waals surface area (Å²) in [4.78, 5) is 14.6. The van der Waals surface area contributed by atoms with E-state index in [9.17, 15) is 4.79 Å². The van der Waals surface area contributed by atoms with Crippen molar-refractivity contribution in [3.8, 4) is 5.75 Å². The van der Waals surface area contributed by atoms with Crippen LogP contribution in [-0.2, 0) is 20.7 Å². The highest BCUT2D eigenvalue weighted by atomic mass is 16.5. The van der Waals surface area contributed by atoms with E-state index in [2.05, 4.69) is 0 Å². The highest BCUT2D eigenvalue weighted by molar-refractivity contribution is 5.79. The summed E-state index contributed by atoms with van der Waals surface area (Å²) in [6, 6.07) is 5.90. The van der Waals surface area contributed by atoms with Crippen molar-refractivity contribution < 1.29 is 19.0 Å². The topological polar surface area (TPSA) is 48.0 Å². The summed E-state index contributed by atoms with van der Waals surface area (Å²) in [5.74, 6) is 0.920. The van der Waals surface area contributed by atoms with Gasteiger partial charge >= 0.3 is 0 Å². The maximum atomic E-state index is 12.7. The smallest absolute Gasteiger partial charge is 0.227 e. The number of nitrogens with zero attached hydrogens (tertiary/aromatic N) is 1. The molecule has 0 bridgehead atoms. The highest BCUT2D eigenvalue weighted by Gasteiger charge is 2.35. The van der Waals surface area contributed by atoms with Crippen LogP contribution in [0.4, 0.5) is 0 Å². The fourth-order valence-electron chi connectivity index (χ4n) is 3.02. The van der Waals surface area contributed by atoms with E-state index in [1.54, 1.807) is 14.2 Å². The monoisotopic (exact) mass is 321 g/mol. The Balaban J connectivity index is 2.07. The van der Waals surface area contributed by atoms with Gasteiger partial charge in [0, 0.05) is 20.2 Å². The average molecular weight is 321 g/mol. The van der Waals surface area contributed by atoms with Crippen LogP contribution in [0.1, 0.15) is 25.0 Å². The van der Waals surface area contributed by atoms with Crippen molar-refractivity contribution in [3.63, 3.8) is 0 Å². The number of benzene rings is 1. The van der Waals surface area contributed by atoms with Crippen LogP contribution < -0.4 is 4.74 Å². The van der Waals surface area contributed by atoms with Gasteiger partial charge in [-0.05, 0) is 38.0 Å². The quantitative estimate of drug-likeness (QED) is 0.834. The van der Waals surface area contributed by atoms with Gasteiger partial charge in [-0.25, -0.2) is 0 Å². The van der Waals surface area contributed by atoms with Crippen LogP contribution in [0.25, 0.3) is 0 Å². The number of ether oxygens (including phenoxy) is 3. The van der Waals surface area contributed by atoms with Crippen molar-refractivity contribution in [2.45, 2.75) is 38.9 Å². The molecule has 5 heteroatoms. The Hall–Kier alpha value is -1.59. The molecule has 5 nitrogen and oxygen atoms in total. The van der Waals surface area contributed by atoms with Crippen LogP contribution in [0.15, 0.2) is 18.2 Å². The molecule has 1 aromatic rings. The first kappa shape index (κ1) is 17.8. The number of rotatable bonds is 5. The van der Waals surface area contributed by atoms with Crippen molar-refractivity contribution >= 4 is 5.91 Å². The molecule has 1 heterocycles. The van der Waals surface area contributed by atoms with E-state index < -0.39 is 0 Å². The van der Waals surface area contributed by atoms with Gasteiger partial charge in [-0.2, -0.15) is 0 Å². The predicted molar refractivity (Wildman–Crippen MR) is 88.8 cm³/mol. The summed E-state index contributed by atoms with van der Waals surface area (Å²) >= 11 is 0. The lowest BCUT2D eigenvalue weighted by molar-refractivity contribution is -0.168. The molecule has 0 N–H and O–H groups in total. The van der Waals surface area contributed by atoms with Crippen molar-refractivity contribution in [1.82, 2.24) is 4.90 Å². The van der Waals surface area contributed by atoms with Gasteiger partial charge in [0.25, 0.3) is 0 Å². The Labute approximate surface area is 138 Å². The normalized spacial score (nSPS) is 20.4. The zero-order valence-corrected chi connectivity index (χ0v) is 14.7. The van der Waals surface area contributed by atoms with E-state index in [1.165, 1.54) is 0 Å². The third kappa shape index (κ3) is 4.69. The van der Waals surface area contributed by atoms with Crippen LogP contribution >= 0.6 is 0 Å². The van der Waals surface area contributed by atoms with Gasteiger partial charge < -0.3 is 19.1 Å². The lowest BCUT2D eigenvalue weighted by Gasteiger charge is -2.42. The summed E-state index contributed by atoms with van der Waals surface area (Å²) in [6.45, 7) is 7.65. The first-order valence-corrected chi connectivity index (χ1v) is 7.92. The van der Waals surface area contributed by atoms with E-state index in [4.69, 9.17) is 14.2 Å². The van der Waals surface area contributed by atoms with E-state index >= 15 is 0 Å². The number of hydrogen-bond donors (Lipinski definition) is 0. The highest BCUT2D eigenvalue weighted by Crippen LogP contribution is 2.23. The molecule has 2 rings (SSSR count). The Bertz CT molecular complexity index is 556. The van der Waals surface area contributed by atoms with E-state index in [-0.39, 0.29) is 17.6 Å². The SMILES string of the molecule is COC[C@H]1CN(C(=O)Cc2ccc(C)c(OC)c2)CC(C)(C)O1. The molecule has 1 atom stereocenters. The number of aryl methyl sites for hydroxylation is 1. The number of carbonyl (C=O) groups is 1. The van der Waals surface area contributed by atoms with Gasteiger partial charge in [0.15, 0.2) is 0 Å². The first-order chi connectivity index (χ1) is 10.8. The molecule has 1 aliphatic heterocycles. The number of amides is 1. The molecule has 0 spiro atoms. The predicted octanol–water partition coefficient (Wildman–Crippen LogP) is 2.20. The minimum Gasteiger partial charge on any atom is -0.496 e. The zero-order valence-electron chi connectivity index (χ0n) is 14.7. The minimum atomic E-state index is -0.359. The molecule has 0 unspecified atom stereocenters. The summed E-state index contributed by atoms with van der Waals surface area (Å²) in [5.41, 5.74) is 1.67. The largest absolute Gasteiger partial charge is 0.496 e. The van der Waals surface area contributed by atoms with Gasteiger partial charge in [-0.1, -0.05) is 12.1 Å². The van der Waals surface area contributed by atoms with Gasteiger partial charge in [-0.3, -0.25) is 4.79 Å². The molecular formula is C18H27NO4.